The van der Waals surface area contributed by atoms with Crippen LogP contribution < -0.4 is 10.1 Å². The van der Waals surface area contributed by atoms with Crippen molar-refractivity contribution >= 4 is 11.7 Å². The van der Waals surface area contributed by atoms with Gasteiger partial charge in [-0.25, -0.2) is 4.79 Å². The molecule has 0 bridgehead atoms. The van der Waals surface area contributed by atoms with Gasteiger partial charge in [-0.3, -0.25) is 0 Å². The molecule has 6 heteroatoms. The molecule has 2 amide bonds. The van der Waals surface area contributed by atoms with Crippen LogP contribution in [0.3, 0.4) is 0 Å². The maximum Gasteiger partial charge on any atom is 0.321 e. The van der Waals surface area contributed by atoms with Crippen LogP contribution >= 0.6 is 0 Å². The van der Waals surface area contributed by atoms with Crippen molar-refractivity contribution in [1.82, 2.24) is 9.80 Å². The van der Waals surface area contributed by atoms with Crippen molar-refractivity contribution in [3.8, 4) is 5.75 Å². The van der Waals surface area contributed by atoms with Gasteiger partial charge in [0.1, 0.15) is 12.4 Å². The fourth-order valence-electron chi connectivity index (χ4n) is 3.10. The van der Waals surface area contributed by atoms with Gasteiger partial charge < -0.3 is 24.6 Å². The highest BCUT2D eigenvalue weighted by Crippen LogP contribution is 2.25. The summed E-state index contributed by atoms with van der Waals surface area (Å²) in [4.78, 5) is 16.7. The van der Waals surface area contributed by atoms with E-state index in [4.69, 9.17) is 9.47 Å². The third-order valence-corrected chi connectivity index (χ3v) is 4.58. The largest absolute Gasteiger partial charge is 0.489 e. The Morgan fingerprint density at radius 1 is 1.25 bits per heavy atom. The molecule has 6 nitrogen and oxygen atoms in total. The molecule has 2 aliphatic rings. The normalized spacial score (nSPS) is 22.2. The molecule has 0 saturated carbocycles. The lowest BCUT2D eigenvalue weighted by atomic mass is 10.2. The summed E-state index contributed by atoms with van der Waals surface area (Å²) in [6.45, 7) is 4.82. The Balaban J connectivity index is 1.58. The molecule has 0 aromatic heterocycles. The van der Waals surface area contributed by atoms with E-state index in [1.54, 1.807) is 0 Å². The van der Waals surface area contributed by atoms with Gasteiger partial charge in [0.25, 0.3) is 0 Å². The predicted molar refractivity (Wildman–Crippen MR) is 93.6 cm³/mol. The smallest absolute Gasteiger partial charge is 0.321 e. The van der Waals surface area contributed by atoms with Gasteiger partial charge in [0.05, 0.1) is 11.8 Å². The highest BCUT2D eigenvalue weighted by molar-refractivity contribution is 5.91. The van der Waals surface area contributed by atoms with E-state index < -0.39 is 0 Å². The Morgan fingerprint density at radius 3 is 2.96 bits per heavy atom. The van der Waals surface area contributed by atoms with Gasteiger partial charge in [0.2, 0.25) is 0 Å². The third-order valence-electron chi connectivity index (χ3n) is 4.58. The second kappa shape index (κ2) is 8.35. The lowest BCUT2D eigenvalue weighted by Crippen LogP contribution is -2.37. The van der Waals surface area contributed by atoms with Crippen molar-refractivity contribution in [2.24, 2.45) is 0 Å². The maximum absolute atomic E-state index is 12.6. The standard InChI is InChI=1S/C18H27N3O3/c1-20-9-5-10-21(12-11-20)18(22)19-16-7-2-3-8-17(16)24-14-15-6-4-13-23-15/h2-3,7-8,15H,4-6,9-14H2,1H3,(H,19,22). The lowest BCUT2D eigenvalue weighted by molar-refractivity contribution is 0.0682. The summed E-state index contributed by atoms with van der Waals surface area (Å²) in [7, 11) is 2.09. The van der Waals surface area contributed by atoms with E-state index in [2.05, 4.69) is 17.3 Å². The van der Waals surface area contributed by atoms with Gasteiger partial charge in [0, 0.05) is 26.2 Å². The second-order valence-electron chi connectivity index (χ2n) is 6.52. The number of para-hydroxylation sites is 2. The minimum atomic E-state index is -0.0570. The molecule has 2 saturated heterocycles. The van der Waals surface area contributed by atoms with Gasteiger partial charge in [-0.1, -0.05) is 12.1 Å². The molecule has 1 aromatic carbocycles. The summed E-state index contributed by atoms with van der Waals surface area (Å²) < 4.78 is 11.5. The van der Waals surface area contributed by atoms with Gasteiger partial charge in [-0.05, 0) is 45.0 Å². The Bertz CT molecular complexity index is 546. The number of carbonyl (C=O) groups is 1. The van der Waals surface area contributed by atoms with E-state index in [1.165, 1.54) is 0 Å². The number of rotatable bonds is 4. The number of urea groups is 1. The molecular formula is C18H27N3O3. The summed E-state index contributed by atoms with van der Waals surface area (Å²) in [5, 5.41) is 3.00. The highest BCUT2D eigenvalue weighted by atomic mass is 16.5. The molecule has 1 unspecified atom stereocenters. The Hall–Kier alpha value is -1.79. The first-order chi connectivity index (χ1) is 11.7. The molecule has 0 radical (unpaired) electrons. The first-order valence-electron chi connectivity index (χ1n) is 8.80. The Morgan fingerprint density at radius 2 is 2.12 bits per heavy atom. The van der Waals surface area contributed by atoms with Crippen LogP contribution in [0.1, 0.15) is 19.3 Å². The zero-order valence-electron chi connectivity index (χ0n) is 14.4. The first kappa shape index (κ1) is 17.0. The van der Waals surface area contributed by atoms with Crippen molar-refractivity contribution in [1.29, 1.82) is 0 Å². The monoisotopic (exact) mass is 333 g/mol. The Labute approximate surface area is 143 Å². The van der Waals surface area contributed by atoms with Crippen LogP contribution in [0, 0.1) is 0 Å². The van der Waals surface area contributed by atoms with Crippen LogP contribution in [0.25, 0.3) is 0 Å². The SMILES string of the molecule is CN1CCCN(C(=O)Nc2ccccc2OCC2CCCO2)CC1. The number of nitrogens with one attached hydrogen (secondary N) is 1. The number of benzene rings is 1. The van der Waals surface area contributed by atoms with Gasteiger partial charge in [0.15, 0.2) is 0 Å². The summed E-state index contributed by atoms with van der Waals surface area (Å²) >= 11 is 0. The quantitative estimate of drug-likeness (QED) is 0.919. The van der Waals surface area contributed by atoms with Crippen molar-refractivity contribution in [3.63, 3.8) is 0 Å². The molecule has 2 heterocycles. The predicted octanol–water partition coefficient (Wildman–Crippen LogP) is 2.41. The Kier molecular flexibility index (Phi) is 5.93. The zero-order chi connectivity index (χ0) is 16.8. The molecule has 1 N–H and O–H groups in total. The summed E-state index contributed by atoms with van der Waals surface area (Å²) in [5.74, 6) is 0.702. The van der Waals surface area contributed by atoms with E-state index in [0.717, 1.165) is 57.7 Å². The lowest BCUT2D eigenvalue weighted by Gasteiger charge is -2.22. The number of hydrogen-bond acceptors (Lipinski definition) is 4. The summed E-state index contributed by atoms with van der Waals surface area (Å²) in [5.41, 5.74) is 0.720. The first-order valence-corrected chi connectivity index (χ1v) is 8.80. The van der Waals surface area contributed by atoms with Crippen LogP contribution in [0.15, 0.2) is 24.3 Å². The topological polar surface area (TPSA) is 54.0 Å². The second-order valence-corrected chi connectivity index (χ2v) is 6.52. The minimum Gasteiger partial charge on any atom is -0.489 e. The van der Waals surface area contributed by atoms with Gasteiger partial charge >= 0.3 is 6.03 Å². The average molecular weight is 333 g/mol. The fraction of sp³-hybridized carbons (Fsp3) is 0.611. The summed E-state index contributed by atoms with van der Waals surface area (Å²) in [6, 6.07) is 7.54. The number of nitrogens with zero attached hydrogens (tertiary/aromatic N) is 2. The number of hydrogen-bond donors (Lipinski definition) is 1. The number of anilines is 1. The zero-order valence-corrected chi connectivity index (χ0v) is 14.4. The van der Waals surface area contributed by atoms with Crippen molar-refractivity contribution in [3.05, 3.63) is 24.3 Å². The molecule has 132 valence electrons. The number of ether oxygens (including phenoxy) is 2. The fourth-order valence-corrected chi connectivity index (χ4v) is 3.10. The molecule has 0 aliphatic carbocycles. The molecule has 3 rings (SSSR count). The maximum atomic E-state index is 12.6. The highest BCUT2D eigenvalue weighted by Gasteiger charge is 2.20. The number of amides is 2. The number of carbonyl (C=O) groups excluding carboxylic acids is 1. The third kappa shape index (κ3) is 4.61. The van der Waals surface area contributed by atoms with Crippen molar-refractivity contribution in [2.75, 3.05) is 51.8 Å². The minimum absolute atomic E-state index is 0.0570. The van der Waals surface area contributed by atoms with E-state index in [1.807, 2.05) is 29.2 Å². The van der Waals surface area contributed by atoms with Crippen molar-refractivity contribution < 1.29 is 14.3 Å². The molecule has 2 aliphatic heterocycles. The van der Waals surface area contributed by atoms with E-state index in [-0.39, 0.29) is 12.1 Å². The van der Waals surface area contributed by atoms with Crippen LogP contribution in [-0.2, 0) is 4.74 Å². The van der Waals surface area contributed by atoms with Crippen molar-refractivity contribution in [2.45, 2.75) is 25.4 Å². The molecule has 1 aromatic rings. The van der Waals surface area contributed by atoms with E-state index >= 15 is 0 Å². The molecule has 24 heavy (non-hydrogen) atoms. The average Bonchev–Trinajstić information content (AvgIpc) is 3.01. The molecule has 0 spiro atoms. The summed E-state index contributed by atoms with van der Waals surface area (Å²) in [6.07, 6.45) is 3.29. The molecule has 1 atom stereocenters. The van der Waals surface area contributed by atoms with E-state index in [0.29, 0.717) is 12.4 Å². The van der Waals surface area contributed by atoms with Gasteiger partial charge in [-0.15, -0.1) is 0 Å². The van der Waals surface area contributed by atoms with Crippen LogP contribution in [0.2, 0.25) is 0 Å². The van der Waals surface area contributed by atoms with Crippen LogP contribution in [0.4, 0.5) is 10.5 Å². The number of likely N-dealkylation sites (N-methyl/N-ethyl adjacent to an activating group) is 1. The molecule has 2 fully saturated rings. The molecular weight excluding hydrogens is 306 g/mol. The van der Waals surface area contributed by atoms with Crippen LogP contribution in [0.5, 0.6) is 5.75 Å². The van der Waals surface area contributed by atoms with Crippen LogP contribution in [-0.4, -0.2) is 68.4 Å². The van der Waals surface area contributed by atoms with E-state index in [9.17, 15) is 4.79 Å². The van der Waals surface area contributed by atoms with Gasteiger partial charge in [-0.2, -0.15) is 0 Å².